The first-order valence-corrected chi connectivity index (χ1v) is 7.48. The first-order chi connectivity index (χ1) is 10.0. The Hall–Kier alpha value is -2.28. The number of aryl methyl sites for hydroxylation is 2. The van der Waals surface area contributed by atoms with Gasteiger partial charge in [-0.3, -0.25) is 4.79 Å². The van der Waals surface area contributed by atoms with Crippen LogP contribution in [0.4, 0.5) is 0 Å². The maximum Gasteiger partial charge on any atom is 0.291 e. The van der Waals surface area contributed by atoms with Gasteiger partial charge in [-0.05, 0) is 38.3 Å². The van der Waals surface area contributed by atoms with Crippen molar-refractivity contribution in [1.29, 1.82) is 0 Å². The molecule has 0 saturated heterocycles. The van der Waals surface area contributed by atoms with Crippen molar-refractivity contribution in [1.82, 2.24) is 24.9 Å². The fourth-order valence-electron chi connectivity index (χ4n) is 2.13. The molecular weight excluding hydrogens is 286 g/mol. The lowest BCUT2D eigenvalue weighted by molar-refractivity contribution is 0.0930. The summed E-state index contributed by atoms with van der Waals surface area (Å²) >= 11 is 1.60. The molecule has 0 aliphatic rings. The molecule has 0 bridgehead atoms. The Morgan fingerprint density at radius 1 is 1.38 bits per heavy atom. The summed E-state index contributed by atoms with van der Waals surface area (Å²) in [5, 5.41) is 9.10. The van der Waals surface area contributed by atoms with Crippen LogP contribution in [0.1, 0.15) is 39.8 Å². The highest BCUT2D eigenvalue weighted by atomic mass is 32.1. The summed E-state index contributed by atoms with van der Waals surface area (Å²) in [5.41, 5.74) is 1.75. The van der Waals surface area contributed by atoms with Gasteiger partial charge in [0.05, 0.1) is 6.04 Å². The maximum absolute atomic E-state index is 12.2. The second kappa shape index (κ2) is 5.25. The molecule has 7 heteroatoms. The van der Waals surface area contributed by atoms with Crippen LogP contribution in [0.25, 0.3) is 5.78 Å². The lowest BCUT2D eigenvalue weighted by Crippen LogP contribution is -2.27. The van der Waals surface area contributed by atoms with Crippen LogP contribution in [0.2, 0.25) is 0 Å². The highest BCUT2D eigenvalue weighted by molar-refractivity contribution is 7.10. The number of hydrogen-bond acceptors (Lipinski definition) is 5. The Morgan fingerprint density at radius 2 is 2.19 bits per heavy atom. The molecule has 3 rings (SSSR count). The van der Waals surface area contributed by atoms with Crippen molar-refractivity contribution in [3.8, 4) is 0 Å². The average Bonchev–Trinajstić information content (AvgIpc) is 3.07. The number of carbonyl (C=O) groups is 1. The predicted molar refractivity (Wildman–Crippen MR) is 80.5 cm³/mol. The number of fused-ring (bicyclic) bond motifs is 1. The minimum atomic E-state index is -0.293. The molecule has 21 heavy (non-hydrogen) atoms. The lowest BCUT2D eigenvalue weighted by Gasteiger charge is -2.09. The molecule has 1 atom stereocenters. The van der Waals surface area contributed by atoms with Crippen molar-refractivity contribution in [2.45, 2.75) is 26.8 Å². The fourth-order valence-corrected chi connectivity index (χ4v) is 2.87. The normalized spacial score (nSPS) is 12.5. The number of carbonyl (C=O) groups excluding carboxylic acids is 1. The molecule has 3 heterocycles. The molecule has 0 saturated carbocycles. The zero-order valence-corrected chi connectivity index (χ0v) is 12.8. The summed E-state index contributed by atoms with van der Waals surface area (Å²) in [6.45, 7) is 5.74. The molecule has 1 amide bonds. The van der Waals surface area contributed by atoms with E-state index in [0.29, 0.717) is 5.78 Å². The van der Waals surface area contributed by atoms with Crippen LogP contribution in [-0.2, 0) is 0 Å². The van der Waals surface area contributed by atoms with Crippen LogP contribution in [0.5, 0.6) is 0 Å². The molecule has 108 valence electrons. The molecule has 0 aliphatic heterocycles. The van der Waals surface area contributed by atoms with Gasteiger partial charge in [-0.25, -0.2) is 9.50 Å². The first kappa shape index (κ1) is 13.7. The standard InChI is InChI=1S/C14H15N5OS/c1-8-7-9(2)19-14(15-8)17-12(18-19)13(20)16-10(3)11-5-4-6-21-11/h4-7,10H,1-3H3,(H,16,20). The van der Waals surface area contributed by atoms with Crippen molar-refractivity contribution < 1.29 is 4.79 Å². The van der Waals surface area contributed by atoms with Crippen LogP contribution < -0.4 is 5.32 Å². The van der Waals surface area contributed by atoms with Gasteiger partial charge in [0.2, 0.25) is 5.82 Å². The number of rotatable bonds is 3. The molecule has 0 aromatic carbocycles. The summed E-state index contributed by atoms with van der Waals surface area (Å²) in [7, 11) is 0. The third-order valence-electron chi connectivity index (χ3n) is 3.14. The van der Waals surface area contributed by atoms with Crippen molar-refractivity contribution in [3.63, 3.8) is 0 Å². The number of thiophene rings is 1. The Balaban J connectivity index is 1.86. The second-order valence-electron chi connectivity index (χ2n) is 4.90. The Kier molecular flexibility index (Phi) is 3.42. The number of hydrogen-bond donors (Lipinski definition) is 1. The van der Waals surface area contributed by atoms with Crippen LogP contribution in [0.3, 0.4) is 0 Å². The second-order valence-corrected chi connectivity index (χ2v) is 5.88. The Morgan fingerprint density at radius 3 is 2.90 bits per heavy atom. The van der Waals surface area contributed by atoms with Crippen LogP contribution in [-0.4, -0.2) is 25.5 Å². The van der Waals surface area contributed by atoms with E-state index in [4.69, 9.17) is 0 Å². The molecule has 1 N–H and O–H groups in total. The average molecular weight is 301 g/mol. The molecule has 6 nitrogen and oxygen atoms in total. The van der Waals surface area contributed by atoms with Crippen molar-refractivity contribution in [2.24, 2.45) is 0 Å². The quantitative estimate of drug-likeness (QED) is 0.805. The lowest BCUT2D eigenvalue weighted by atomic mass is 10.3. The topological polar surface area (TPSA) is 72.2 Å². The summed E-state index contributed by atoms with van der Waals surface area (Å²) in [6, 6.07) is 5.78. The van der Waals surface area contributed by atoms with E-state index < -0.39 is 0 Å². The zero-order chi connectivity index (χ0) is 15.0. The van der Waals surface area contributed by atoms with Crippen LogP contribution in [0.15, 0.2) is 23.6 Å². The Bertz CT molecular complexity index is 793. The molecule has 3 aromatic rings. The summed E-state index contributed by atoms with van der Waals surface area (Å²) in [6.07, 6.45) is 0. The SMILES string of the molecule is Cc1cc(C)n2nc(C(=O)NC(C)c3cccs3)nc2n1. The first-order valence-electron chi connectivity index (χ1n) is 6.60. The summed E-state index contributed by atoms with van der Waals surface area (Å²) < 4.78 is 1.58. The molecule has 0 spiro atoms. The molecule has 3 aromatic heterocycles. The predicted octanol–water partition coefficient (Wildman–Crippen LogP) is 2.29. The third-order valence-corrected chi connectivity index (χ3v) is 4.19. The molecule has 1 unspecified atom stereocenters. The van der Waals surface area contributed by atoms with Gasteiger partial charge in [-0.2, -0.15) is 4.98 Å². The minimum absolute atomic E-state index is 0.0695. The number of nitrogens with zero attached hydrogens (tertiary/aromatic N) is 4. The van der Waals surface area contributed by atoms with Crippen LogP contribution >= 0.6 is 11.3 Å². The van der Waals surface area contributed by atoms with E-state index in [2.05, 4.69) is 20.4 Å². The Labute approximate surface area is 125 Å². The van der Waals surface area contributed by atoms with Gasteiger partial charge in [0.25, 0.3) is 11.7 Å². The van der Waals surface area contributed by atoms with Gasteiger partial charge in [0, 0.05) is 16.3 Å². The molecule has 0 fully saturated rings. The van der Waals surface area contributed by atoms with Gasteiger partial charge in [-0.1, -0.05) is 6.07 Å². The largest absolute Gasteiger partial charge is 0.342 e. The van der Waals surface area contributed by atoms with Crippen LogP contribution in [0, 0.1) is 13.8 Å². The number of aromatic nitrogens is 4. The maximum atomic E-state index is 12.2. The van der Waals surface area contributed by atoms with E-state index in [1.54, 1.807) is 15.9 Å². The highest BCUT2D eigenvalue weighted by Crippen LogP contribution is 2.18. The van der Waals surface area contributed by atoms with Crippen molar-refractivity contribution >= 4 is 23.0 Å². The van der Waals surface area contributed by atoms with E-state index in [0.717, 1.165) is 16.3 Å². The van der Waals surface area contributed by atoms with Gasteiger partial charge in [-0.15, -0.1) is 16.4 Å². The van der Waals surface area contributed by atoms with E-state index in [9.17, 15) is 4.79 Å². The van der Waals surface area contributed by atoms with E-state index in [1.807, 2.05) is 44.4 Å². The van der Waals surface area contributed by atoms with Crippen molar-refractivity contribution in [3.05, 3.63) is 45.7 Å². The van der Waals surface area contributed by atoms with E-state index in [1.165, 1.54) is 0 Å². The smallest absolute Gasteiger partial charge is 0.291 e. The molecule has 0 aliphatic carbocycles. The van der Waals surface area contributed by atoms with E-state index >= 15 is 0 Å². The van der Waals surface area contributed by atoms with Gasteiger partial charge < -0.3 is 5.32 Å². The highest BCUT2D eigenvalue weighted by Gasteiger charge is 2.17. The molecule has 0 radical (unpaired) electrons. The number of nitrogens with one attached hydrogen (secondary N) is 1. The monoisotopic (exact) mass is 301 g/mol. The molecular formula is C14H15N5OS. The van der Waals surface area contributed by atoms with E-state index in [-0.39, 0.29) is 17.8 Å². The van der Waals surface area contributed by atoms with Gasteiger partial charge in [0.1, 0.15) is 0 Å². The minimum Gasteiger partial charge on any atom is -0.342 e. The van der Waals surface area contributed by atoms with Crippen molar-refractivity contribution in [2.75, 3.05) is 0 Å². The summed E-state index contributed by atoms with van der Waals surface area (Å²) in [4.78, 5) is 21.8. The summed E-state index contributed by atoms with van der Waals surface area (Å²) in [5.74, 6) is 0.291. The third kappa shape index (κ3) is 2.64. The number of amides is 1. The van der Waals surface area contributed by atoms with Gasteiger partial charge >= 0.3 is 0 Å². The fraction of sp³-hybridized carbons (Fsp3) is 0.286. The zero-order valence-electron chi connectivity index (χ0n) is 12.0. The van der Waals surface area contributed by atoms with Gasteiger partial charge in [0.15, 0.2) is 0 Å².